The molecule has 90 valence electrons. The lowest BCUT2D eigenvalue weighted by Gasteiger charge is -2.25. The molecule has 0 unspecified atom stereocenters. The van der Waals surface area contributed by atoms with Crippen LogP contribution in [-0.2, 0) is 0 Å². The lowest BCUT2D eigenvalue weighted by atomic mass is 10.0. The molecule has 0 spiro atoms. The average Bonchev–Trinajstić information content (AvgIpc) is 2.23. The predicted octanol–water partition coefficient (Wildman–Crippen LogP) is -1.73. The third-order valence-corrected chi connectivity index (χ3v) is 2.05. The Hall–Kier alpha value is -0.660. The Labute approximate surface area is 87.7 Å². The second-order valence-electron chi connectivity index (χ2n) is 3.56. The zero-order valence-electron chi connectivity index (χ0n) is 8.70. The highest BCUT2D eigenvalue weighted by atomic mass is 16.4. The number of hydrogen-bond acceptors (Lipinski definition) is 6. The van der Waals surface area contributed by atoms with Gasteiger partial charge in [-0.1, -0.05) is 0 Å². The van der Waals surface area contributed by atoms with E-state index >= 15 is 0 Å². The van der Waals surface area contributed by atoms with Gasteiger partial charge in [0.1, 0.15) is 30.2 Å². The average molecular weight is 222 g/mol. The van der Waals surface area contributed by atoms with Crippen LogP contribution in [0.15, 0.2) is 11.3 Å². The van der Waals surface area contributed by atoms with Crippen molar-refractivity contribution in [2.75, 3.05) is 6.61 Å². The van der Waals surface area contributed by atoms with Gasteiger partial charge in [0.15, 0.2) is 0 Å². The molecule has 0 bridgehead atoms. The van der Waals surface area contributed by atoms with E-state index in [1.807, 2.05) is 0 Å². The normalized spacial score (nSPS) is 19.1. The lowest BCUT2D eigenvalue weighted by Crippen LogP contribution is -2.46. The van der Waals surface area contributed by atoms with Crippen molar-refractivity contribution in [1.29, 1.82) is 0 Å². The molecule has 0 heterocycles. The van der Waals surface area contributed by atoms with E-state index in [-0.39, 0.29) is 0 Å². The van der Waals surface area contributed by atoms with Gasteiger partial charge in [-0.25, -0.2) is 0 Å². The summed E-state index contributed by atoms with van der Waals surface area (Å²) < 4.78 is 0. The summed E-state index contributed by atoms with van der Waals surface area (Å²) in [6, 6.07) is 0. The molecule has 6 N–H and O–H groups in total. The van der Waals surface area contributed by atoms with Crippen molar-refractivity contribution < 1.29 is 30.6 Å². The first-order valence-corrected chi connectivity index (χ1v) is 4.52. The molecule has 0 amide bonds. The summed E-state index contributed by atoms with van der Waals surface area (Å²) in [6.45, 7) is 2.28. The van der Waals surface area contributed by atoms with Gasteiger partial charge >= 0.3 is 0 Å². The number of aliphatic hydroxyl groups excluding tert-OH is 6. The summed E-state index contributed by atoms with van der Waals surface area (Å²) in [5.74, 6) is -0.466. The van der Waals surface area contributed by atoms with E-state index < -0.39 is 36.8 Å². The van der Waals surface area contributed by atoms with Crippen LogP contribution in [0, 0.1) is 0 Å². The van der Waals surface area contributed by atoms with Crippen molar-refractivity contribution in [1.82, 2.24) is 0 Å². The molecule has 0 fully saturated rings. The van der Waals surface area contributed by atoms with E-state index in [1.165, 1.54) is 13.8 Å². The highest BCUT2D eigenvalue weighted by molar-refractivity contribution is 5.09. The Balaban J connectivity index is 4.58. The number of allylic oxidation sites excluding steroid dienone is 1. The molecule has 0 aliphatic rings. The third kappa shape index (κ3) is 3.77. The Morgan fingerprint density at radius 2 is 1.47 bits per heavy atom. The minimum Gasteiger partial charge on any atom is -0.510 e. The highest BCUT2D eigenvalue weighted by Gasteiger charge is 2.32. The second kappa shape index (κ2) is 6.04. The maximum absolute atomic E-state index is 9.36. The fourth-order valence-electron chi connectivity index (χ4n) is 0.980. The quantitative estimate of drug-likeness (QED) is 0.308. The summed E-state index contributed by atoms with van der Waals surface area (Å²) >= 11 is 0. The maximum atomic E-state index is 9.36. The second-order valence-corrected chi connectivity index (χ2v) is 3.56. The molecule has 15 heavy (non-hydrogen) atoms. The maximum Gasteiger partial charge on any atom is 0.139 e. The van der Waals surface area contributed by atoms with Crippen LogP contribution in [0.25, 0.3) is 0 Å². The molecule has 0 aromatic carbocycles. The Morgan fingerprint density at radius 1 is 1.00 bits per heavy atom. The predicted molar refractivity (Wildman–Crippen MR) is 52.1 cm³/mol. The summed E-state index contributed by atoms with van der Waals surface area (Å²) in [5, 5.41) is 54.7. The van der Waals surface area contributed by atoms with E-state index in [0.717, 1.165) is 0 Å². The van der Waals surface area contributed by atoms with Crippen molar-refractivity contribution in [3.63, 3.8) is 0 Å². The first kappa shape index (κ1) is 14.3. The van der Waals surface area contributed by atoms with Gasteiger partial charge < -0.3 is 30.6 Å². The molecular weight excluding hydrogens is 204 g/mol. The number of hydrogen-bond donors (Lipinski definition) is 6. The van der Waals surface area contributed by atoms with Gasteiger partial charge in [-0.3, -0.25) is 0 Å². The zero-order valence-corrected chi connectivity index (χ0v) is 8.70. The summed E-state index contributed by atoms with van der Waals surface area (Å²) in [5.41, 5.74) is 0.382. The Morgan fingerprint density at radius 3 is 1.80 bits per heavy atom. The molecule has 0 aliphatic heterocycles. The van der Waals surface area contributed by atoms with E-state index in [1.54, 1.807) is 0 Å². The van der Waals surface area contributed by atoms with Crippen molar-refractivity contribution >= 4 is 0 Å². The van der Waals surface area contributed by atoms with Gasteiger partial charge in [0, 0.05) is 0 Å². The standard InChI is InChI=1S/C9H18O6/c1-4(2)6(12)8(14)9(15)7(13)5(11)3-10/h5,7-15H,3H2,1-2H3/t5-,7+,8-,9+/m1/s1. The SMILES string of the molecule is CC(C)=C(O)[C@@H](O)[C@@H](O)[C@@H](O)[C@H](O)CO. The summed E-state index contributed by atoms with van der Waals surface area (Å²) in [7, 11) is 0. The summed E-state index contributed by atoms with van der Waals surface area (Å²) in [4.78, 5) is 0. The first-order valence-electron chi connectivity index (χ1n) is 4.52. The van der Waals surface area contributed by atoms with Crippen molar-refractivity contribution in [2.24, 2.45) is 0 Å². The fourth-order valence-corrected chi connectivity index (χ4v) is 0.980. The van der Waals surface area contributed by atoms with Gasteiger partial charge in [-0.15, -0.1) is 0 Å². The molecule has 4 atom stereocenters. The molecule has 0 saturated heterocycles. The zero-order chi connectivity index (χ0) is 12.2. The van der Waals surface area contributed by atoms with E-state index in [9.17, 15) is 20.4 Å². The molecule has 0 saturated carbocycles. The first-order chi connectivity index (χ1) is 6.82. The number of rotatable bonds is 5. The lowest BCUT2D eigenvalue weighted by molar-refractivity contribution is -0.113. The highest BCUT2D eigenvalue weighted by Crippen LogP contribution is 2.13. The van der Waals surface area contributed by atoms with Gasteiger partial charge in [0.05, 0.1) is 6.61 Å². The van der Waals surface area contributed by atoms with Crippen molar-refractivity contribution in [3.05, 3.63) is 11.3 Å². The third-order valence-electron chi connectivity index (χ3n) is 2.05. The van der Waals surface area contributed by atoms with Crippen LogP contribution in [-0.4, -0.2) is 61.7 Å². The largest absolute Gasteiger partial charge is 0.510 e. The minimum absolute atomic E-state index is 0.382. The summed E-state index contributed by atoms with van der Waals surface area (Å²) in [6.07, 6.45) is -6.75. The molecular formula is C9H18O6. The molecule has 0 aromatic rings. The molecule has 6 heteroatoms. The molecule has 0 rings (SSSR count). The fraction of sp³-hybridized carbons (Fsp3) is 0.778. The van der Waals surface area contributed by atoms with Crippen LogP contribution >= 0.6 is 0 Å². The van der Waals surface area contributed by atoms with Crippen LogP contribution in [0.1, 0.15) is 13.8 Å². The van der Waals surface area contributed by atoms with E-state index in [2.05, 4.69) is 0 Å². The number of aliphatic hydroxyl groups is 6. The Bertz CT molecular complexity index is 223. The smallest absolute Gasteiger partial charge is 0.139 e. The Kier molecular flexibility index (Phi) is 5.77. The minimum atomic E-state index is -1.76. The van der Waals surface area contributed by atoms with Crippen molar-refractivity contribution in [2.45, 2.75) is 38.3 Å². The molecule has 0 aromatic heterocycles. The monoisotopic (exact) mass is 222 g/mol. The molecule has 0 radical (unpaired) electrons. The molecule has 0 aliphatic carbocycles. The van der Waals surface area contributed by atoms with Gasteiger partial charge in [0.2, 0.25) is 0 Å². The van der Waals surface area contributed by atoms with Crippen LogP contribution in [0.4, 0.5) is 0 Å². The van der Waals surface area contributed by atoms with Crippen LogP contribution in [0.3, 0.4) is 0 Å². The van der Waals surface area contributed by atoms with Crippen LogP contribution in [0.5, 0.6) is 0 Å². The van der Waals surface area contributed by atoms with Gasteiger partial charge in [-0.05, 0) is 19.4 Å². The van der Waals surface area contributed by atoms with Gasteiger partial charge in [0.25, 0.3) is 0 Å². The van der Waals surface area contributed by atoms with Gasteiger partial charge in [-0.2, -0.15) is 0 Å². The van der Waals surface area contributed by atoms with E-state index in [4.69, 9.17) is 10.2 Å². The topological polar surface area (TPSA) is 121 Å². The van der Waals surface area contributed by atoms with Crippen LogP contribution in [0.2, 0.25) is 0 Å². The van der Waals surface area contributed by atoms with E-state index in [0.29, 0.717) is 5.57 Å². The van der Waals surface area contributed by atoms with Crippen LogP contribution < -0.4 is 0 Å². The van der Waals surface area contributed by atoms with Crippen molar-refractivity contribution in [3.8, 4) is 0 Å². The molecule has 6 nitrogen and oxygen atoms in total.